The number of aliphatic carboxylic acids is 1. The van der Waals surface area contributed by atoms with Gasteiger partial charge in [0.25, 0.3) is 0 Å². The second-order valence-corrected chi connectivity index (χ2v) is 12.1. The molecule has 0 unspecified atom stereocenters. The number of aryl methyl sites for hydroxylation is 1. The Kier molecular flexibility index (Phi) is 8.34. The Bertz CT molecular complexity index is 1970. The molecule has 1 amide bonds. The summed E-state index contributed by atoms with van der Waals surface area (Å²) in [5.74, 6) is -1.30. The Morgan fingerprint density at radius 2 is 1.29 bits per heavy atom. The summed E-state index contributed by atoms with van der Waals surface area (Å²) >= 11 is 0. The molecule has 5 aromatic carbocycles. The average molecular weight is 634 g/mol. The number of carbonyl (C=O) groups excluding carboxylic acids is 1. The highest BCUT2D eigenvalue weighted by Crippen LogP contribution is 2.45. The molecule has 1 heterocycles. The van der Waals surface area contributed by atoms with Gasteiger partial charge in [0, 0.05) is 18.5 Å². The fourth-order valence-electron chi connectivity index (χ4n) is 6.94. The van der Waals surface area contributed by atoms with Crippen LogP contribution in [0.3, 0.4) is 0 Å². The third kappa shape index (κ3) is 5.64. The maximum absolute atomic E-state index is 13.1. The number of hydrogen-bond donors (Lipinski definition) is 2. The number of nitrogens with zero attached hydrogens (tertiary/aromatic N) is 2. The van der Waals surface area contributed by atoms with E-state index >= 15 is 0 Å². The Labute approximate surface area is 279 Å². The van der Waals surface area contributed by atoms with Crippen molar-refractivity contribution in [3.63, 3.8) is 0 Å². The summed E-state index contributed by atoms with van der Waals surface area (Å²) in [7, 11) is 0. The summed E-state index contributed by atoms with van der Waals surface area (Å²) in [5, 5.41) is 12.7. The third-order valence-corrected chi connectivity index (χ3v) is 9.22. The van der Waals surface area contributed by atoms with Gasteiger partial charge in [0.15, 0.2) is 0 Å². The number of nitrogens with one attached hydrogen (secondary N) is 1. The molecule has 48 heavy (non-hydrogen) atoms. The maximum atomic E-state index is 13.1. The van der Waals surface area contributed by atoms with Crippen LogP contribution in [-0.4, -0.2) is 39.4 Å². The van der Waals surface area contributed by atoms with Crippen molar-refractivity contribution in [1.29, 1.82) is 0 Å². The summed E-state index contributed by atoms with van der Waals surface area (Å²) in [6.45, 7) is 2.15. The van der Waals surface area contributed by atoms with E-state index in [9.17, 15) is 14.7 Å². The van der Waals surface area contributed by atoms with Gasteiger partial charge in [0.2, 0.25) is 0 Å². The first kappa shape index (κ1) is 30.7. The van der Waals surface area contributed by atoms with E-state index in [1.54, 1.807) is 6.33 Å². The van der Waals surface area contributed by atoms with Crippen LogP contribution in [0, 0.1) is 6.92 Å². The highest BCUT2D eigenvalue weighted by Gasteiger charge is 2.39. The lowest BCUT2D eigenvalue weighted by molar-refractivity contribution is -0.139. The quantitative estimate of drug-likeness (QED) is 0.152. The first-order valence-electron chi connectivity index (χ1n) is 16.0. The fraction of sp³-hybridized carbons (Fsp3) is 0.146. The third-order valence-electron chi connectivity index (χ3n) is 9.22. The van der Waals surface area contributed by atoms with Gasteiger partial charge in [-0.15, -0.1) is 0 Å². The summed E-state index contributed by atoms with van der Waals surface area (Å²) < 4.78 is 7.69. The van der Waals surface area contributed by atoms with Crippen LogP contribution in [0.2, 0.25) is 0 Å². The number of benzene rings is 5. The van der Waals surface area contributed by atoms with Crippen molar-refractivity contribution in [2.24, 2.45) is 0 Å². The smallest absolute Gasteiger partial charge is 0.407 e. The van der Waals surface area contributed by atoms with Crippen LogP contribution in [0.4, 0.5) is 4.79 Å². The number of amides is 1. The molecular formula is C41H35N3O4. The molecule has 2 N–H and O–H groups in total. The van der Waals surface area contributed by atoms with Gasteiger partial charge >= 0.3 is 12.1 Å². The van der Waals surface area contributed by atoms with Crippen LogP contribution in [-0.2, 0) is 21.5 Å². The average Bonchev–Trinajstić information content (AvgIpc) is 3.72. The van der Waals surface area contributed by atoms with Crippen LogP contribution in [0.25, 0.3) is 11.1 Å². The van der Waals surface area contributed by atoms with Crippen LogP contribution in [0.1, 0.15) is 45.0 Å². The van der Waals surface area contributed by atoms with E-state index in [0.29, 0.717) is 5.69 Å². The number of hydrogen-bond acceptors (Lipinski definition) is 4. The molecule has 1 aliphatic carbocycles. The van der Waals surface area contributed by atoms with Crippen molar-refractivity contribution >= 4 is 12.1 Å². The van der Waals surface area contributed by atoms with Crippen LogP contribution in [0.5, 0.6) is 0 Å². The Hall–Kier alpha value is -5.95. The number of fused-ring (bicyclic) bond motifs is 3. The molecule has 0 spiro atoms. The van der Waals surface area contributed by atoms with Gasteiger partial charge in [-0.05, 0) is 45.9 Å². The first-order chi connectivity index (χ1) is 23.4. The molecule has 1 aromatic heterocycles. The van der Waals surface area contributed by atoms with Crippen molar-refractivity contribution in [3.05, 3.63) is 185 Å². The summed E-state index contributed by atoms with van der Waals surface area (Å²) in [6.07, 6.45) is 2.79. The molecule has 0 saturated heterocycles. The van der Waals surface area contributed by atoms with Crippen LogP contribution in [0.15, 0.2) is 146 Å². The zero-order valence-corrected chi connectivity index (χ0v) is 26.5. The molecule has 0 aliphatic heterocycles. The molecule has 7 heteroatoms. The van der Waals surface area contributed by atoms with Gasteiger partial charge in [0.05, 0.1) is 12.0 Å². The van der Waals surface area contributed by atoms with E-state index in [-0.39, 0.29) is 18.9 Å². The standard InChI is InChI=1S/C41H35N3O4/c1-28-20-22-31(23-21-28)41(29-12-4-2-5-13-29,30-14-6-3-7-15-30)44-25-32(42-27-44)24-38(39(45)46)43-40(47)48-26-37-35-18-10-8-16-33(35)34-17-9-11-19-36(34)37/h2-23,25,27,37-38H,24,26H2,1H3,(H,43,47)(H,45,46)/t38-/m1/s1. The van der Waals surface area contributed by atoms with Gasteiger partial charge < -0.3 is 19.7 Å². The minimum absolute atomic E-state index is 0.0277. The van der Waals surface area contributed by atoms with E-state index < -0.39 is 23.6 Å². The number of aromatic nitrogens is 2. The number of ether oxygens (including phenoxy) is 1. The molecule has 0 saturated carbocycles. The van der Waals surface area contributed by atoms with E-state index in [4.69, 9.17) is 4.74 Å². The number of carboxylic acid groups (broad SMARTS) is 1. The van der Waals surface area contributed by atoms with Gasteiger partial charge in [-0.1, -0.05) is 139 Å². The largest absolute Gasteiger partial charge is 0.480 e. The summed E-state index contributed by atoms with van der Waals surface area (Å²) in [5.41, 5.74) is 8.35. The van der Waals surface area contributed by atoms with E-state index in [1.165, 1.54) is 0 Å². The SMILES string of the molecule is Cc1ccc(C(c2ccccc2)(c2ccccc2)n2cnc(C[C@@H](NC(=O)OCC3c4ccccc4-c4ccccc43)C(=O)O)c2)cc1. The highest BCUT2D eigenvalue weighted by atomic mass is 16.5. The number of alkyl carbamates (subject to hydrolysis) is 1. The van der Waals surface area contributed by atoms with Crippen molar-refractivity contribution < 1.29 is 19.4 Å². The number of rotatable bonds is 10. The maximum Gasteiger partial charge on any atom is 0.407 e. The monoisotopic (exact) mass is 633 g/mol. The van der Waals surface area contributed by atoms with Crippen LogP contribution < -0.4 is 5.32 Å². The van der Waals surface area contributed by atoms with Gasteiger partial charge in [-0.25, -0.2) is 14.6 Å². The lowest BCUT2D eigenvalue weighted by Gasteiger charge is -2.37. The normalized spacial score (nSPS) is 12.9. The second-order valence-electron chi connectivity index (χ2n) is 12.1. The molecule has 0 bridgehead atoms. The topological polar surface area (TPSA) is 93.5 Å². The first-order valence-corrected chi connectivity index (χ1v) is 16.0. The van der Waals surface area contributed by atoms with Crippen molar-refractivity contribution in [2.45, 2.75) is 30.8 Å². The minimum atomic E-state index is -1.24. The molecule has 1 aliphatic rings. The molecular weight excluding hydrogens is 598 g/mol. The lowest BCUT2D eigenvalue weighted by Crippen LogP contribution is -2.43. The Morgan fingerprint density at radius 1 is 0.771 bits per heavy atom. The second kappa shape index (κ2) is 13.0. The predicted molar refractivity (Wildman–Crippen MR) is 185 cm³/mol. The van der Waals surface area contributed by atoms with Gasteiger partial charge in [-0.2, -0.15) is 0 Å². The van der Waals surface area contributed by atoms with Gasteiger partial charge in [0.1, 0.15) is 18.2 Å². The predicted octanol–water partition coefficient (Wildman–Crippen LogP) is 7.57. The minimum Gasteiger partial charge on any atom is -0.480 e. The molecule has 0 fully saturated rings. The van der Waals surface area contributed by atoms with Gasteiger partial charge in [-0.3, -0.25) is 0 Å². The van der Waals surface area contributed by atoms with Crippen molar-refractivity contribution in [3.8, 4) is 11.1 Å². The van der Waals surface area contributed by atoms with E-state index in [0.717, 1.165) is 44.5 Å². The molecule has 7 rings (SSSR count). The number of carbonyl (C=O) groups is 2. The number of carboxylic acids is 1. The zero-order valence-electron chi connectivity index (χ0n) is 26.5. The molecule has 238 valence electrons. The lowest BCUT2D eigenvalue weighted by atomic mass is 9.76. The number of imidazole rings is 1. The molecule has 7 nitrogen and oxygen atoms in total. The Morgan fingerprint density at radius 3 is 1.85 bits per heavy atom. The molecule has 1 atom stereocenters. The highest BCUT2D eigenvalue weighted by molar-refractivity contribution is 5.81. The van der Waals surface area contributed by atoms with Crippen molar-refractivity contribution in [2.75, 3.05) is 6.61 Å². The molecule has 0 radical (unpaired) electrons. The summed E-state index contributed by atoms with van der Waals surface area (Å²) in [6, 6.07) is 43.7. The molecule has 6 aromatic rings. The van der Waals surface area contributed by atoms with E-state index in [2.05, 4.69) is 77.9 Å². The fourth-order valence-corrected chi connectivity index (χ4v) is 6.94. The van der Waals surface area contributed by atoms with Crippen molar-refractivity contribution in [1.82, 2.24) is 14.9 Å². The van der Waals surface area contributed by atoms with Crippen LogP contribution >= 0.6 is 0 Å². The zero-order chi connectivity index (χ0) is 33.1. The Balaban J connectivity index is 1.15. The van der Waals surface area contributed by atoms with E-state index in [1.807, 2.05) is 83.6 Å². The summed E-state index contributed by atoms with van der Waals surface area (Å²) in [4.78, 5) is 30.1.